The Bertz CT molecular complexity index is 1440. The molecule has 1 aliphatic rings. The van der Waals surface area contributed by atoms with Crippen molar-refractivity contribution >= 4 is 46.3 Å². The minimum absolute atomic E-state index is 0.109. The molecule has 0 amide bonds. The summed E-state index contributed by atoms with van der Waals surface area (Å²) in [5, 5.41) is 5.27. The molecule has 0 saturated heterocycles. The van der Waals surface area contributed by atoms with Crippen molar-refractivity contribution in [1.82, 2.24) is 4.57 Å². The Kier molecular flexibility index (Phi) is 6.54. The average Bonchev–Trinajstić information content (AvgIpc) is 3.25. The summed E-state index contributed by atoms with van der Waals surface area (Å²) < 4.78 is 7.47. The molecule has 36 heavy (non-hydrogen) atoms. The second kappa shape index (κ2) is 9.51. The Morgan fingerprint density at radius 3 is 2.25 bits per heavy atom. The maximum absolute atomic E-state index is 13.5. The molecule has 0 saturated carbocycles. The number of anilines is 1. The van der Waals surface area contributed by atoms with E-state index in [1.165, 1.54) is 0 Å². The number of hydrogen-bond acceptors (Lipinski definition) is 3. The lowest BCUT2D eigenvalue weighted by atomic mass is 9.72. The highest BCUT2D eigenvalue weighted by molar-refractivity contribution is 6.42. The Balaban J connectivity index is 1.77. The Hall–Kier alpha value is -2.92. The zero-order valence-corrected chi connectivity index (χ0v) is 22.4. The molecule has 1 N–H and O–H groups in total. The molecular formula is C29H25Cl3N2O2. The SMILES string of the molecule is COc1ccc(-c2cc3c(n2-c2ccc(Cl)c(Cl)c2)C(Nc2ccc(Cl)cc2)C(C)(C)CC3=O)cc1. The van der Waals surface area contributed by atoms with Gasteiger partial charge in [0.1, 0.15) is 5.75 Å². The predicted octanol–water partition coefficient (Wildman–Crippen LogP) is 8.88. The average molecular weight is 540 g/mol. The summed E-state index contributed by atoms with van der Waals surface area (Å²) >= 11 is 18.8. The molecule has 1 aromatic heterocycles. The van der Waals surface area contributed by atoms with Crippen LogP contribution >= 0.6 is 34.8 Å². The summed E-state index contributed by atoms with van der Waals surface area (Å²) in [5.74, 6) is 0.869. The summed E-state index contributed by atoms with van der Waals surface area (Å²) in [4.78, 5) is 13.5. The summed E-state index contributed by atoms with van der Waals surface area (Å²) in [6, 6.07) is 22.8. The van der Waals surface area contributed by atoms with E-state index in [0.29, 0.717) is 27.1 Å². The van der Waals surface area contributed by atoms with Crippen LogP contribution in [0.4, 0.5) is 5.69 Å². The minimum atomic E-state index is -0.368. The zero-order chi connectivity index (χ0) is 25.6. The molecule has 1 atom stereocenters. The van der Waals surface area contributed by atoms with Crippen LogP contribution in [0.5, 0.6) is 5.75 Å². The van der Waals surface area contributed by atoms with Crippen molar-refractivity contribution < 1.29 is 9.53 Å². The van der Waals surface area contributed by atoms with E-state index in [0.717, 1.165) is 34.1 Å². The molecule has 0 aliphatic heterocycles. The van der Waals surface area contributed by atoms with Crippen molar-refractivity contribution in [3.8, 4) is 22.7 Å². The molecule has 0 bridgehead atoms. The quantitative estimate of drug-likeness (QED) is 0.275. The van der Waals surface area contributed by atoms with Gasteiger partial charge in [-0.2, -0.15) is 0 Å². The minimum Gasteiger partial charge on any atom is -0.497 e. The molecule has 1 heterocycles. The molecule has 4 aromatic rings. The first kappa shape index (κ1) is 24.8. The lowest BCUT2D eigenvalue weighted by molar-refractivity contribution is 0.0891. The van der Waals surface area contributed by atoms with Crippen molar-refractivity contribution in [1.29, 1.82) is 0 Å². The normalized spacial score (nSPS) is 16.5. The molecule has 0 radical (unpaired) electrons. The van der Waals surface area contributed by atoms with Crippen LogP contribution in [0.2, 0.25) is 15.1 Å². The fourth-order valence-electron chi connectivity index (χ4n) is 4.87. The first-order valence-corrected chi connectivity index (χ1v) is 12.7. The van der Waals surface area contributed by atoms with Gasteiger partial charge in [-0.3, -0.25) is 4.79 Å². The van der Waals surface area contributed by atoms with Crippen LogP contribution < -0.4 is 10.1 Å². The van der Waals surface area contributed by atoms with Gasteiger partial charge in [0.05, 0.1) is 34.6 Å². The van der Waals surface area contributed by atoms with E-state index in [-0.39, 0.29) is 17.2 Å². The number of methoxy groups -OCH3 is 1. The summed E-state index contributed by atoms with van der Waals surface area (Å²) in [6.07, 6.45) is 0.415. The van der Waals surface area contributed by atoms with E-state index in [9.17, 15) is 4.79 Å². The summed E-state index contributed by atoms with van der Waals surface area (Å²) in [7, 11) is 1.64. The highest BCUT2D eigenvalue weighted by atomic mass is 35.5. The number of hydrogen-bond donors (Lipinski definition) is 1. The third-order valence-corrected chi connectivity index (χ3v) is 7.70. The van der Waals surface area contributed by atoms with Crippen molar-refractivity contribution in [3.05, 3.63) is 99.1 Å². The van der Waals surface area contributed by atoms with Gasteiger partial charge in [0.2, 0.25) is 0 Å². The second-order valence-electron chi connectivity index (χ2n) is 9.66. The molecule has 0 spiro atoms. The predicted molar refractivity (Wildman–Crippen MR) is 148 cm³/mol. The number of carbonyl (C=O) groups excluding carboxylic acids is 1. The van der Waals surface area contributed by atoms with Crippen molar-refractivity contribution in [2.75, 3.05) is 12.4 Å². The topological polar surface area (TPSA) is 43.3 Å². The Labute approximate surface area is 225 Å². The maximum atomic E-state index is 13.5. The highest BCUT2D eigenvalue weighted by Gasteiger charge is 2.43. The molecule has 7 heteroatoms. The number of halogens is 3. The number of benzene rings is 3. The number of ether oxygens (including phenoxy) is 1. The molecule has 3 aromatic carbocycles. The molecule has 5 rings (SSSR count). The highest BCUT2D eigenvalue weighted by Crippen LogP contribution is 2.49. The van der Waals surface area contributed by atoms with E-state index < -0.39 is 0 Å². The van der Waals surface area contributed by atoms with Crippen molar-refractivity contribution in [2.24, 2.45) is 5.41 Å². The number of aromatic nitrogens is 1. The maximum Gasteiger partial charge on any atom is 0.165 e. The number of fused-ring (bicyclic) bond motifs is 1. The van der Waals surface area contributed by atoms with Gasteiger partial charge in [-0.1, -0.05) is 48.7 Å². The molecule has 0 fully saturated rings. The number of rotatable bonds is 5. The second-order valence-corrected chi connectivity index (χ2v) is 10.9. The van der Waals surface area contributed by atoms with E-state index in [2.05, 4.69) is 23.7 Å². The van der Waals surface area contributed by atoms with Crippen LogP contribution in [-0.2, 0) is 0 Å². The number of Topliss-reactive ketones (excluding diaryl/α,β-unsaturated/α-hetero) is 1. The molecule has 1 aliphatic carbocycles. The monoisotopic (exact) mass is 538 g/mol. The number of carbonyl (C=O) groups is 1. The lowest BCUT2D eigenvalue weighted by Crippen LogP contribution is -2.37. The zero-order valence-electron chi connectivity index (χ0n) is 20.1. The van der Waals surface area contributed by atoms with Gasteiger partial charge in [-0.25, -0.2) is 0 Å². The Morgan fingerprint density at radius 1 is 0.917 bits per heavy atom. The van der Waals surface area contributed by atoms with E-state index in [4.69, 9.17) is 39.5 Å². The van der Waals surface area contributed by atoms with Gasteiger partial charge in [-0.05, 0) is 83.8 Å². The fraction of sp³-hybridized carbons (Fsp3) is 0.207. The Morgan fingerprint density at radius 2 is 1.61 bits per heavy atom. The smallest absolute Gasteiger partial charge is 0.165 e. The van der Waals surface area contributed by atoms with E-state index >= 15 is 0 Å². The van der Waals surface area contributed by atoms with Crippen molar-refractivity contribution in [2.45, 2.75) is 26.3 Å². The van der Waals surface area contributed by atoms with Crippen LogP contribution in [0.15, 0.2) is 72.8 Å². The lowest BCUT2D eigenvalue weighted by Gasteiger charge is -2.40. The van der Waals surface area contributed by atoms with Crippen LogP contribution in [0.25, 0.3) is 16.9 Å². The number of nitrogens with zero attached hydrogens (tertiary/aromatic N) is 1. The van der Waals surface area contributed by atoms with Gasteiger partial charge >= 0.3 is 0 Å². The third kappa shape index (κ3) is 4.50. The molecular weight excluding hydrogens is 515 g/mol. The van der Waals surface area contributed by atoms with Gasteiger partial charge in [0, 0.05) is 28.4 Å². The van der Waals surface area contributed by atoms with E-state index in [1.807, 2.05) is 66.7 Å². The number of ketones is 1. The number of nitrogens with one attached hydrogen (secondary N) is 1. The van der Waals surface area contributed by atoms with Crippen LogP contribution in [0.1, 0.15) is 42.4 Å². The molecule has 184 valence electrons. The fourth-order valence-corrected chi connectivity index (χ4v) is 5.29. The van der Waals surface area contributed by atoms with Gasteiger partial charge in [0.25, 0.3) is 0 Å². The first-order chi connectivity index (χ1) is 17.2. The standard InChI is InChI=1S/C29H25Cl3N2O2/c1-29(2)16-26(35)22-15-25(17-4-11-21(36-3)12-5-17)34(20-10-13-23(31)24(32)14-20)27(22)28(29)33-19-8-6-18(30)7-9-19/h4-15,28,33H,16H2,1-3H3. The summed E-state index contributed by atoms with van der Waals surface area (Å²) in [5.41, 5.74) is 4.79. The van der Waals surface area contributed by atoms with E-state index in [1.54, 1.807) is 13.2 Å². The van der Waals surface area contributed by atoms with Crippen LogP contribution in [0, 0.1) is 5.41 Å². The van der Waals surface area contributed by atoms with Gasteiger partial charge < -0.3 is 14.6 Å². The van der Waals surface area contributed by atoms with Crippen molar-refractivity contribution in [3.63, 3.8) is 0 Å². The van der Waals surface area contributed by atoms with Crippen LogP contribution in [-0.4, -0.2) is 17.5 Å². The van der Waals surface area contributed by atoms with Gasteiger partial charge in [-0.15, -0.1) is 0 Å². The first-order valence-electron chi connectivity index (χ1n) is 11.6. The largest absolute Gasteiger partial charge is 0.497 e. The van der Waals surface area contributed by atoms with Crippen LogP contribution in [0.3, 0.4) is 0 Å². The van der Waals surface area contributed by atoms with Gasteiger partial charge in [0.15, 0.2) is 5.78 Å². The third-order valence-electron chi connectivity index (χ3n) is 6.71. The molecule has 1 unspecified atom stereocenters. The summed E-state index contributed by atoms with van der Waals surface area (Å²) in [6.45, 7) is 4.22. The molecule has 4 nitrogen and oxygen atoms in total.